The molecule has 0 aromatic heterocycles. The van der Waals surface area contributed by atoms with E-state index in [-0.39, 0.29) is 5.91 Å². The van der Waals surface area contributed by atoms with Crippen LogP contribution < -0.4 is 5.01 Å². The van der Waals surface area contributed by atoms with E-state index in [1.54, 1.807) is 24.3 Å². The van der Waals surface area contributed by atoms with Crippen molar-refractivity contribution in [2.24, 2.45) is 11.0 Å². The summed E-state index contributed by atoms with van der Waals surface area (Å²) < 4.78 is 0. The van der Waals surface area contributed by atoms with E-state index in [4.69, 9.17) is 5.26 Å². The fraction of sp³-hybridized carbons (Fsp3) is 0.308. The summed E-state index contributed by atoms with van der Waals surface area (Å²) in [6.07, 6.45) is 2.77. The molecule has 0 saturated heterocycles. The normalized spacial score (nSPS) is 19.1. The first-order chi connectivity index (χ1) is 8.28. The minimum Gasteiger partial charge on any atom is -0.272 e. The van der Waals surface area contributed by atoms with Crippen LogP contribution in [0.1, 0.15) is 24.8 Å². The Morgan fingerprint density at radius 3 is 2.59 bits per heavy atom. The third-order valence-electron chi connectivity index (χ3n) is 3.09. The van der Waals surface area contributed by atoms with E-state index in [2.05, 4.69) is 11.2 Å². The molecule has 1 aliphatic heterocycles. The van der Waals surface area contributed by atoms with Crippen LogP contribution in [0.25, 0.3) is 0 Å². The largest absolute Gasteiger partial charge is 0.272 e. The van der Waals surface area contributed by atoms with Crippen molar-refractivity contribution in [3.8, 4) is 6.07 Å². The first-order valence-corrected chi connectivity index (χ1v) is 5.68. The Bertz CT molecular complexity index is 535. The van der Waals surface area contributed by atoms with Gasteiger partial charge < -0.3 is 0 Å². The molecule has 1 aromatic rings. The van der Waals surface area contributed by atoms with Gasteiger partial charge in [-0.3, -0.25) is 4.79 Å². The minimum atomic E-state index is 0.0246. The highest BCUT2D eigenvalue weighted by Gasteiger charge is 2.35. The van der Waals surface area contributed by atoms with E-state index >= 15 is 0 Å². The lowest BCUT2D eigenvalue weighted by molar-refractivity contribution is -0.116. The molecule has 1 fully saturated rings. The van der Waals surface area contributed by atoms with Gasteiger partial charge in [0.15, 0.2) is 0 Å². The highest BCUT2D eigenvalue weighted by atomic mass is 16.2. The molecule has 0 atom stereocenters. The van der Waals surface area contributed by atoms with Crippen molar-refractivity contribution in [3.63, 3.8) is 0 Å². The van der Waals surface area contributed by atoms with Gasteiger partial charge in [-0.2, -0.15) is 10.4 Å². The number of anilines is 1. The molecule has 2 aliphatic rings. The van der Waals surface area contributed by atoms with E-state index < -0.39 is 0 Å². The molecule has 1 aromatic carbocycles. The van der Waals surface area contributed by atoms with Crippen LogP contribution in [0.5, 0.6) is 0 Å². The SMILES string of the molecule is N#Cc1ccc(N2N=C(C3CC3)CC2=O)cc1. The second-order valence-electron chi connectivity index (χ2n) is 4.41. The molecule has 1 saturated carbocycles. The maximum absolute atomic E-state index is 11.8. The van der Waals surface area contributed by atoms with Crippen molar-refractivity contribution in [2.75, 3.05) is 5.01 Å². The van der Waals surface area contributed by atoms with Gasteiger partial charge in [0.1, 0.15) is 0 Å². The fourth-order valence-electron chi connectivity index (χ4n) is 1.97. The van der Waals surface area contributed by atoms with Crippen molar-refractivity contribution < 1.29 is 4.79 Å². The summed E-state index contributed by atoms with van der Waals surface area (Å²) in [6.45, 7) is 0. The molecule has 4 heteroatoms. The van der Waals surface area contributed by atoms with Gasteiger partial charge in [-0.15, -0.1) is 0 Å². The molecule has 1 aliphatic carbocycles. The first-order valence-electron chi connectivity index (χ1n) is 5.68. The van der Waals surface area contributed by atoms with Crippen molar-refractivity contribution in [1.82, 2.24) is 0 Å². The van der Waals surface area contributed by atoms with Gasteiger partial charge in [-0.05, 0) is 43.0 Å². The number of amides is 1. The Morgan fingerprint density at radius 1 is 1.29 bits per heavy atom. The third-order valence-corrected chi connectivity index (χ3v) is 3.09. The molecule has 0 N–H and O–H groups in total. The average Bonchev–Trinajstić information content (AvgIpc) is 3.13. The molecule has 1 amide bonds. The molecule has 0 radical (unpaired) electrons. The number of nitriles is 1. The molecule has 3 rings (SSSR count). The lowest BCUT2D eigenvalue weighted by Gasteiger charge is -2.11. The van der Waals surface area contributed by atoms with Gasteiger partial charge in [0.2, 0.25) is 0 Å². The Labute approximate surface area is 99.2 Å². The van der Waals surface area contributed by atoms with Crippen LogP contribution in [0.2, 0.25) is 0 Å². The second kappa shape index (κ2) is 3.70. The molecule has 4 nitrogen and oxygen atoms in total. The average molecular weight is 225 g/mol. The molecule has 0 unspecified atom stereocenters. The van der Waals surface area contributed by atoms with Gasteiger partial charge in [0, 0.05) is 0 Å². The summed E-state index contributed by atoms with van der Waals surface area (Å²) in [5.74, 6) is 0.555. The number of rotatable bonds is 2. The van der Waals surface area contributed by atoms with Crippen LogP contribution >= 0.6 is 0 Å². The molecule has 84 valence electrons. The quantitative estimate of drug-likeness (QED) is 0.773. The summed E-state index contributed by atoms with van der Waals surface area (Å²) >= 11 is 0. The molecule has 0 spiro atoms. The lowest BCUT2D eigenvalue weighted by Crippen LogP contribution is -2.19. The van der Waals surface area contributed by atoms with Gasteiger partial charge in [0.05, 0.1) is 29.5 Å². The fourth-order valence-corrected chi connectivity index (χ4v) is 1.97. The number of carbonyl (C=O) groups is 1. The predicted molar refractivity (Wildman–Crippen MR) is 63.4 cm³/mol. The van der Waals surface area contributed by atoms with Gasteiger partial charge in [-0.25, -0.2) is 5.01 Å². The summed E-state index contributed by atoms with van der Waals surface area (Å²) in [7, 11) is 0. The van der Waals surface area contributed by atoms with E-state index in [0.29, 0.717) is 17.9 Å². The van der Waals surface area contributed by atoms with Crippen LogP contribution in [-0.4, -0.2) is 11.6 Å². The smallest absolute Gasteiger partial charge is 0.253 e. The topological polar surface area (TPSA) is 56.5 Å². The van der Waals surface area contributed by atoms with Crippen molar-refractivity contribution in [1.29, 1.82) is 5.26 Å². The summed E-state index contributed by atoms with van der Waals surface area (Å²) in [5, 5.41) is 14.5. The third kappa shape index (κ3) is 1.80. The first kappa shape index (κ1) is 10.0. The van der Waals surface area contributed by atoms with E-state index in [1.807, 2.05) is 0 Å². The zero-order chi connectivity index (χ0) is 11.8. The summed E-state index contributed by atoms with van der Waals surface area (Å²) in [4.78, 5) is 11.8. The van der Waals surface area contributed by atoms with E-state index in [1.165, 1.54) is 5.01 Å². The Kier molecular flexibility index (Phi) is 2.19. The molecule has 0 bridgehead atoms. The number of hydrogen-bond acceptors (Lipinski definition) is 3. The molecule has 17 heavy (non-hydrogen) atoms. The molecular weight excluding hydrogens is 214 g/mol. The number of hydrazone groups is 1. The Balaban J connectivity index is 1.87. The Morgan fingerprint density at radius 2 is 2.00 bits per heavy atom. The van der Waals surface area contributed by atoms with Crippen molar-refractivity contribution in [3.05, 3.63) is 29.8 Å². The van der Waals surface area contributed by atoms with E-state index in [0.717, 1.165) is 24.2 Å². The van der Waals surface area contributed by atoms with Gasteiger partial charge in [0.25, 0.3) is 5.91 Å². The molecule has 1 heterocycles. The minimum absolute atomic E-state index is 0.0246. The van der Waals surface area contributed by atoms with Crippen LogP contribution in [0.15, 0.2) is 29.4 Å². The second-order valence-corrected chi connectivity index (χ2v) is 4.41. The predicted octanol–water partition coefficient (Wildman–Crippen LogP) is 2.06. The van der Waals surface area contributed by atoms with Crippen molar-refractivity contribution in [2.45, 2.75) is 19.3 Å². The number of carbonyl (C=O) groups excluding carboxylic acids is 1. The zero-order valence-electron chi connectivity index (χ0n) is 9.26. The van der Waals surface area contributed by atoms with E-state index in [9.17, 15) is 4.79 Å². The van der Waals surface area contributed by atoms with Crippen LogP contribution in [-0.2, 0) is 4.79 Å². The van der Waals surface area contributed by atoms with Crippen LogP contribution in [0.3, 0.4) is 0 Å². The number of nitrogens with zero attached hydrogens (tertiary/aromatic N) is 3. The highest BCUT2D eigenvalue weighted by molar-refractivity contribution is 6.14. The van der Waals surface area contributed by atoms with Gasteiger partial charge >= 0.3 is 0 Å². The van der Waals surface area contributed by atoms with Gasteiger partial charge in [-0.1, -0.05) is 0 Å². The summed E-state index contributed by atoms with van der Waals surface area (Å²) in [5.41, 5.74) is 2.34. The lowest BCUT2D eigenvalue weighted by atomic mass is 10.2. The zero-order valence-corrected chi connectivity index (χ0v) is 9.26. The Hall–Kier alpha value is -2.15. The maximum atomic E-state index is 11.8. The van der Waals surface area contributed by atoms with Crippen LogP contribution in [0.4, 0.5) is 5.69 Å². The highest BCUT2D eigenvalue weighted by Crippen LogP contribution is 2.35. The number of hydrogen-bond donors (Lipinski definition) is 0. The maximum Gasteiger partial charge on any atom is 0.253 e. The molecular formula is C13H11N3O. The van der Waals surface area contributed by atoms with Crippen LogP contribution in [0, 0.1) is 17.2 Å². The van der Waals surface area contributed by atoms with Crippen molar-refractivity contribution >= 4 is 17.3 Å². The number of benzene rings is 1. The monoisotopic (exact) mass is 225 g/mol. The summed E-state index contributed by atoms with van der Waals surface area (Å²) in [6, 6.07) is 8.98. The standard InChI is InChI=1S/C13H11N3O/c14-8-9-1-5-11(6-2-9)16-13(17)7-12(15-16)10-3-4-10/h1-2,5-6,10H,3-4,7H2.